The minimum Gasteiger partial charge on any atom is -0.351 e. The minimum absolute atomic E-state index is 0.0899. The Morgan fingerprint density at radius 1 is 1.08 bits per heavy atom. The summed E-state index contributed by atoms with van der Waals surface area (Å²) >= 11 is 0. The van der Waals surface area contributed by atoms with Gasteiger partial charge in [0.15, 0.2) is 0 Å². The van der Waals surface area contributed by atoms with Crippen LogP contribution in [0.15, 0.2) is 48.5 Å². The minimum atomic E-state index is -0.900. The van der Waals surface area contributed by atoms with Crippen LogP contribution in [-0.2, 0) is 16.1 Å². The quantitative estimate of drug-likeness (QED) is 0.807. The molecule has 26 heavy (non-hydrogen) atoms. The number of amides is 2. The van der Waals surface area contributed by atoms with Gasteiger partial charge in [-0.3, -0.25) is 9.59 Å². The monoisotopic (exact) mass is 350 g/mol. The fourth-order valence-electron chi connectivity index (χ4n) is 3.31. The molecule has 0 aromatic heterocycles. The Bertz CT molecular complexity index is 824. The van der Waals surface area contributed by atoms with Gasteiger partial charge in [0.2, 0.25) is 11.8 Å². The third-order valence-electron chi connectivity index (χ3n) is 5.17. The van der Waals surface area contributed by atoms with Crippen molar-refractivity contribution in [1.82, 2.24) is 5.32 Å². The lowest BCUT2D eigenvalue weighted by Crippen LogP contribution is -2.45. The summed E-state index contributed by atoms with van der Waals surface area (Å²) in [6.07, 6.45) is 1.24. The average Bonchev–Trinajstić information content (AvgIpc) is 3.43. The van der Waals surface area contributed by atoms with Gasteiger partial charge in [0, 0.05) is 18.8 Å². The van der Waals surface area contributed by atoms with Gasteiger partial charge in [-0.1, -0.05) is 36.4 Å². The van der Waals surface area contributed by atoms with Gasteiger partial charge in [0.1, 0.15) is 5.41 Å². The second-order valence-corrected chi connectivity index (χ2v) is 7.08. The molecule has 0 saturated heterocycles. The second-order valence-electron chi connectivity index (χ2n) is 7.08. The highest BCUT2D eigenvalue weighted by Gasteiger charge is 2.58. The van der Waals surface area contributed by atoms with E-state index in [0.29, 0.717) is 25.9 Å². The Morgan fingerprint density at radius 2 is 1.81 bits per heavy atom. The lowest BCUT2D eigenvalue weighted by Gasteiger charge is -2.26. The standard InChI is InChI=1S/C22H26N2O2/c1-4-24(19-11-7-8-16(2)14-19)21(26)22(12-13-22)20(25)23-15-18-10-6-5-9-17(18)3/h5-11,14H,4,12-13,15H2,1-3H3,(H,23,25). The zero-order valence-electron chi connectivity index (χ0n) is 15.7. The highest BCUT2D eigenvalue weighted by molar-refractivity contribution is 6.14. The Kier molecular flexibility index (Phi) is 5.12. The van der Waals surface area contributed by atoms with Crippen LogP contribution in [0.3, 0.4) is 0 Å². The molecule has 2 aromatic rings. The lowest BCUT2D eigenvalue weighted by atomic mass is 10.0. The number of hydrogen-bond acceptors (Lipinski definition) is 2. The topological polar surface area (TPSA) is 49.4 Å². The van der Waals surface area contributed by atoms with Gasteiger partial charge in [-0.05, 0) is 62.4 Å². The molecule has 0 bridgehead atoms. The molecule has 1 fully saturated rings. The van der Waals surface area contributed by atoms with Crippen LogP contribution in [0, 0.1) is 19.3 Å². The van der Waals surface area contributed by atoms with Crippen molar-refractivity contribution in [2.45, 2.75) is 40.2 Å². The number of carbonyl (C=O) groups is 2. The Labute approximate surface area is 155 Å². The molecule has 2 amide bonds. The van der Waals surface area contributed by atoms with Gasteiger partial charge in [-0.25, -0.2) is 0 Å². The maximum absolute atomic E-state index is 13.2. The van der Waals surface area contributed by atoms with Crippen molar-refractivity contribution in [3.05, 3.63) is 65.2 Å². The Hall–Kier alpha value is -2.62. The summed E-state index contributed by atoms with van der Waals surface area (Å²) in [5, 5.41) is 2.98. The third kappa shape index (κ3) is 3.50. The molecule has 1 N–H and O–H groups in total. The van der Waals surface area contributed by atoms with Crippen molar-refractivity contribution in [3.63, 3.8) is 0 Å². The fourth-order valence-corrected chi connectivity index (χ4v) is 3.31. The molecule has 0 aliphatic heterocycles. The van der Waals surface area contributed by atoms with Crippen LogP contribution in [0.4, 0.5) is 5.69 Å². The summed E-state index contributed by atoms with van der Waals surface area (Å²) in [6, 6.07) is 15.8. The predicted octanol–water partition coefficient (Wildman–Crippen LogP) is 3.75. The van der Waals surface area contributed by atoms with E-state index in [1.807, 2.05) is 69.3 Å². The van der Waals surface area contributed by atoms with Crippen LogP contribution < -0.4 is 10.2 Å². The predicted molar refractivity (Wildman–Crippen MR) is 104 cm³/mol. The first-order valence-electron chi connectivity index (χ1n) is 9.19. The van der Waals surface area contributed by atoms with Crippen molar-refractivity contribution < 1.29 is 9.59 Å². The summed E-state index contributed by atoms with van der Waals surface area (Å²) in [6.45, 7) is 6.98. The molecule has 2 aromatic carbocycles. The highest BCUT2D eigenvalue weighted by Crippen LogP contribution is 2.48. The lowest BCUT2D eigenvalue weighted by molar-refractivity contribution is -0.135. The molecule has 0 atom stereocenters. The summed E-state index contributed by atoms with van der Waals surface area (Å²) in [4.78, 5) is 27.7. The van der Waals surface area contributed by atoms with E-state index in [0.717, 1.165) is 22.4 Å². The molecule has 4 heteroatoms. The van der Waals surface area contributed by atoms with Gasteiger partial charge in [-0.15, -0.1) is 0 Å². The normalized spacial score (nSPS) is 14.6. The van der Waals surface area contributed by atoms with E-state index in [9.17, 15) is 9.59 Å². The van der Waals surface area contributed by atoms with E-state index >= 15 is 0 Å². The molecule has 0 unspecified atom stereocenters. The van der Waals surface area contributed by atoms with Gasteiger partial charge >= 0.3 is 0 Å². The van der Waals surface area contributed by atoms with E-state index in [1.165, 1.54) is 0 Å². The number of anilines is 1. The van der Waals surface area contributed by atoms with Crippen molar-refractivity contribution >= 4 is 17.5 Å². The first kappa shape index (κ1) is 18.2. The molecule has 4 nitrogen and oxygen atoms in total. The number of nitrogens with one attached hydrogen (secondary N) is 1. The maximum atomic E-state index is 13.2. The average molecular weight is 350 g/mol. The van der Waals surface area contributed by atoms with Crippen molar-refractivity contribution in [1.29, 1.82) is 0 Å². The number of benzene rings is 2. The molecule has 1 saturated carbocycles. The second kappa shape index (κ2) is 7.32. The van der Waals surface area contributed by atoms with Crippen LogP contribution >= 0.6 is 0 Å². The fraction of sp³-hybridized carbons (Fsp3) is 0.364. The smallest absolute Gasteiger partial charge is 0.242 e. The van der Waals surface area contributed by atoms with Crippen molar-refractivity contribution in [2.24, 2.45) is 5.41 Å². The molecule has 136 valence electrons. The van der Waals surface area contributed by atoms with Crippen LogP contribution in [0.1, 0.15) is 36.5 Å². The molecular formula is C22H26N2O2. The molecule has 0 spiro atoms. The summed E-state index contributed by atoms with van der Waals surface area (Å²) in [5.74, 6) is -0.246. The summed E-state index contributed by atoms with van der Waals surface area (Å²) < 4.78 is 0. The highest BCUT2D eigenvalue weighted by atomic mass is 16.2. The first-order chi connectivity index (χ1) is 12.5. The van der Waals surface area contributed by atoms with Gasteiger partial charge in [-0.2, -0.15) is 0 Å². The zero-order valence-corrected chi connectivity index (χ0v) is 15.7. The molecule has 3 rings (SSSR count). The molecular weight excluding hydrogens is 324 g/mol. The molecule has 0 radical (unpaired) electrons. The first-order valence-corrected chi connectivity index (χ1v) is 9.19. The van der Waals surface area contributed by atoms with E-state index < -0.39 is 5.41 Å². The third-order valence-corrected chi connectivity index (χ3v) is 5.17. The van der Waals surface area contributed by atoms with Crippen molar-refractivity contribution in [3.8, 4) is 0 Å². The SMILES string of the molecule is CCN(C(=O)C1(C(=O)NCc2ccccc2C)CC1)c1cccc(C)c1. The zero-order chi connectivity index (χ0) is 18.7. The Balaban J connectivity index is 1.73. The molecule has 0 heterocycles. The van der Waals surface area contributed by atoms with Crippen LogP contribution in [-0.4, -0.2) is 18.4 Å². The largest absolute Gasteiger partial charge is 0.351 e. The van der Waals surface area contributed by atoms with Crippen LogP contribution in [0.25, 0.3) is 0 Å². The van der Waals surface area contributed by atoms with E-state index in [2.05, 4.69) is 5.32 Å². The number of nitrogens with zero attached hydrogens (tertiary/aromatic N) is 1. The number of hydrogen-bond donors (Lipinski definition) is 1. The van der Waals surface area contributed by atoms with E-state index in [1.54, 1.807) is 4.90 Å². The summed E-state index contributed by atoms with van der Waals surface area (Å²) in [7, 11) is 0. The molecule has 1 aliphatic rings. The maximum Gasteiger partial charge on any atom is 0.242 e. The number of carbonyl (C=O) groups excluding carboxylic acids is 2. The van der Waals surface area contributed by atoms with Gasteiger partial charge in [0.25, 0.3) is 0 Å². The van der Waals surface area contributed by atoms with Gasteiger partial charge < -0.3 is 10.2 Å². The van der Waals surface area contributed by atoms with E-state index in [4.69, 9.17) is 0 Å². The number of aryl methyl sites for hydroxylation is 2. The molecule has 1 aliphatic carbocycles. The van der Waals surface area contributed by atoms with Gasteiger partial charge in [0.05, 0.1) is 0 Å². The van der Waals surface area contributed by atoms with Crippen molar-refractivity contribution in [2.75, 3.05) is 11.4 Å². The summed E-state index contributed by atoms with van der Waals surface area (Å²) in [5.41, 5.74) is 3.27. The van der Waals surface area contributed by atoms with E-state index in [-0.39, 0.29) is 11.8 Å². The Morgan fingerprint density at radius 3 is 2.42 bits per heavy atom. The number of rotatable bonds is 6. The van der Waals surface area contributed by atoms with Crippen LogP contribution in [0.5, 0.6) is 0 Å². The van der Waals surface area contributed by atoms with Crippen LogP contribution in [0.2, 0.25) is 0 Å².